The van der Waals surface area contributed by atoms with Gasteiger partial charge >= 0.3 is 5.69 Å². The van der Waals surface area contributed by atoms with Crippen LogP contribution in [0.25, 0.3) is 0 Å². The van der Waals surface area contributed by atoms with Crippen LogP contribution in [0.15, 0.2) is 37.7 Å². The van der Waals surface area contributed by atoms with E-state index in [0.717, 1.165) is 10.8 Å². The standard InChI is InChI=1S/C10H10BrN5O4S/c1-15-5-6(9(17)16(2)10(15)18)21(19,20)14-8-4-12-7(11)3-13-8/h3-5H,1-2H3,(H,13,14). The Bertz CT molecular complexity index is 901. The van der Waals surface area contributed by atoms with E-state index in [2.05, 4.69) is 30.6 Å². The highest BCUT2D eigenvalue weighted by atomic mass is 79.9. The lowest BCUT2D eigenvalue weighted by molar-refractivity contribution is 0.589. The minimum atomic E-state index is -4.18. The Hall–Kier alpha value is -2.01. The summed E-state index contributed by atoms with van der Waals surface area (Å²) in [5.74, 6) is -0.0471. The van der Waals surface area contributed by atoms with Crippen molar-refractivity contribution in [1.29, 1.82) is 0 Å². The summed E-state index contributed by atoms with van der Waals surface area (Å²) < 4.78 is 28.7. The largest absolute Gasteiger partial charge is 0.330 e. The number of sulfonamides is 1. The van der Waals surface area contributed by atoms with E-state index in [1.807, 2.05) is 0 Å². The molecule has 0 aliphatic carbocycles. The van der Waals surface area contributed by atoms with Crippen LogP contribution in [0.2, 0.25) is 0 Å². The molecule has 2 heterocycles. The number of nitrogens with one attached hydrogen (secondary N) is 1. The van der Waals surface area contributed by atoms with Gasteiger partial charge in [0.05, 0.1) is 12.4 Å². The lowest BCUT2D eigenvalue weighted by Crippen LogP contribution is -2.40. The number of hydrogen-bond donors (Lipinski definition) is 1. The molecule has 2 aromatic heterocycles. The van der Waals surface area contributed by atoms with Crippen molar-refractivity contribution in [3.8, 4) is 0 Å². The van der Waals surface area contributed by atoms with Gasteiger partial charge in [-0.3, -0.25) is 14.1 Å². The van der Waals surface area contributed by atoms with Crippen molar-refractivity contribution in [1.82, 2.24) is 19.1 Å². The van der Waals surface area contributed by atoms with Gasteiger partial charge in [-0.1, -0.05) is 0 Å². The van der Waals surface area contributed by atoms with Gasteiger partial charge in [-0.25, -0.2) is 23.2 Å². The van der Waals surface area contributed by atoms with Crippen LogP contribution in [0.1, 0.15) is 0 Å². The summed E-state index contributed by atoms with van der Waals surface area (Å²) in [6, 6.07) is 0. The van der Waals surface area contributed by atoms with E-state index in [0.29, 0.717) is 9.17 Å². The van der Waals surface area contributed by atoms with Crippen LogP contribution in [0.5, 0.6) is 0 Å². The maximum Gasteiger partial charge on any atom is 0.330 e. The number of anilines is 1. The third-order valence-corrected chi connectivity index (χ3v) is 4.31. The maximum absolute atomic E-state index is 12.2. The molecule has 0 bridgehead atoms. The third-order valence-electron chi connectivity index (χ3n) is 2.56. The molecule has 2 aromatic rings. The molecule has 0 fully saturated rings. The fourth-order valence-corrected chi connectivity index (χ4v) is 2.88. The SMILES string of the molecule is Cn1cc(S(=O)(=O)Nc2cnc(Br)cn2)c(=O)n(C)c1=O. The molecule has 21 heavy (non-hydrogen) atoms. The first-order chi connectivity index (χ1) is 9.72. The fraction of sp³-hybridized carbons (Fsp3) is 0.200. The quantitative estimate of drug-likeness (QED) is 0.768. The molecule has 0 unspecified atom stereocenters. The number of rotatable bonds is 3. The number of aromatic nitrogens is 4. The molecule has 11 heteroatoms. The molecule has 0 radical (unpaired) electrons. The second-order valence-electron chi connectivity index (χ2n) is 4.08. The Labute approximate surface area is 127 Å². The van der Waals surface area contributed by atoms with E-state index >= 15 is 0 Å². The van der Waals surface area contributed by atoms with Gasteiger partial charge in [0.2, 0.25) is 0 Å². The number of nitrogens with zero attached hydrogens (tertiary/aromatic N) is 4. The first kappa shape index (κ1) is 15.4. The predicted octanol–water partition coefficient (Wildman–Crippen LogP) is -0.563. The molecule has 0 spiro atoms. The van der Waals surface area contributed by atoms with Crippen molar-refractivity contribution < 1.29 is 8.42 Å². The highest BCUT2D eigenvalue weighted by molar-refractivity contribution is 9.10. The van der Waals surface area contributed by atoms with Crippen molar-refractivity contribution in [2.45, 2.75) is 4.90 Å². The summed E-state index contributed by atoms with van der Waals surface area (Å²) in [6.07, 6.45) is 3.45. The number of halogens is 1. The minimum Gasteiger partial charge on any atom is -0.302 e. The van der Waals surface area contributed by atoms with Crippen LogP contribution in [0, 0.1) is 0 Å². The normalized spacial score (nSPS) is 11.4. The van der Waals surface area contributed by atoms with Crippen LogP contribution in [-0.4, -0.2) is 27.5 Å². The molecule has 0 atom stereocenters. The van der Waals surface area contributed by atoms with E-state index in [-0.39, 0.29) is 5.82 Å². The summed E-state index contributed by atoms with van der Waals surface area (Å²) in [5.41, 5.74) is -1.54. The molecular formula is C10H10BrN5O4S. The van der Waals surface area contributed by atoms with Crippen molar-refractivity contribution in [3.63, 3.8) is 0 Å². The zero-order valence-corrected chi connectivity index (χ0v) is 13.3. The van der Waals surface area contributed by atoms with Crippen molar-refractivity contribution in [2.24, 2.45) is 14.1 Å². The molecular weight excluding hydrogens is 366 g/mol. The average Bonchev–Trinajstić information content (AvgIpc) is 2.42. The van der Waals surface area contributed by atoms with Crippen molar-refractivity contribution in [3.05, 3.63) is 44.0 Å². The lowest BCUT2D eigenvalue weighted by Gasteiger charge is -2.09. The fourth-order valence-electron chi connectivity index (χ4n) is 1.52. The lowest BCUT2D eigenvalue weighted by atomic mass is 10.6. The van der Waals surface area contributed by atoms with Gasteiger partial charge in [-0.15, -0.1) is 0 Å². The number of aryl methyl sites for hydroxylation is 1. The van der Waals surface area contributed by atoms with Gasteiger partial charge in [0.25, 0.3) is 15.6 Å². The van der Waals surface area contributed by atoms with E-state index in [9.17, 15) is 18.0 Å². The molecule has 0 saturated heterocycles. The van der Waals surface area contributed by atoms with Gasteiger partial charge in [-0.2, -0.15) is 0 Å². The number of hydrogen-bond acceptors (Lipinski definition) is 6. The van der Waals surface area contributed by atoms with E-state index in [4.69, 9.17) is 0 Å². The average molecular weight is 376 g/mol. The molecule has 0 amide bonds. The smallest absolute Gasteiger partial charge is 0.302 e. The molecule has 0 aliphatic rings. The first-order valence-electron chi connectivity index (χ1n) is 5.49. The Morgan fingerprint density at radius 3 is 2.43 bits per heavy atom. The maximum atomic E-state index is 12.2. The molecule has 0 saturated carbocycles. The van der Waals surface area contributed by atoms with Gasteiger partial charge in [0, 0.05) is 20.3 Å². The van der Waals surface area contributed by atoms with Gasteiger partial charge in [-0.05, 0) is 15.9 Å². The van der Waals surface area contributed by atoms with E-state index in [1.165, 1.54) is 26.5 Å². The third kappa shape index (κ3) is 3.03. The van der Waals surface area contributed by atoms with Gasteiger partial charge in [0.1, 0.15) is 4.60 Å². The molecule has 112 valence electrons. The van der Waals surface area contributed by atoms with Gasteiger partial charge < -0.3 is 4.57 Å². The molecule has 1 N–H and O–H groups in total. The highest BCUT2D eigenvalue weighted by Gasteiger charge is 2.22. The highest BCUT2D eigenvalue weighted by Crippen LogP contribution is 2.11. The molecule has 2 rings (SSSR count). The second-order valence-corrected chi connectivity index (χ2v) is 6.54. The first-order valence-corrected chi connectivity index (χ1v) is 7.77. The molecule has 0 aromatic carbocycles. The zero-order valence-electron chi connectivity index (χ0n) is 10.9. The van der Waals surface area contributed by atoms with Crippen LogP contribution in [0.3, 0.4) is 0 Å². The van der Waals surface area contributed by atoms with Gasteiger partial charge in [0.15, 0.2) is 10.7 Å². The van der Waals surface area contributed by atoms with Crippen LogP contribution < -0.4 is 16.0 Å². The second kappa shape index (κ2) is 5.41. The van der Waals surface area contributed by atoms with E-state index < -0.39 is 26.2 Å². The zero-order chi connectivity index (χ0) is 15.8. The Morgan fingerprint density at radius 1 is 1.19 bits per heavy atom. The van der Waals surface area contributed by atoms with Crippen molar-refractivity contribution in [2.75, 3.05) is 4.72 Å². The summed E-state index contributed by atoms with van der Waals surface area (Å²) in [5, 5.41) is 0. The summed E-state index contributed by atoms with van der Waals surface area (Å²) in [6.45, 7) is 0. The van der Waals surface area contributed by atoms with Crippen LogP contribution >= 0.6 is 15.9 Å². The predicted molar refractivity (Wildman–Crippen MR) is 77.5 cm³/mol. The minimum absolute atomic E-state index is 0.0471. The van der Waals surface area contributed by atoms with Crippen LogP contribution in [0.4, 0.5) is 5.82 Å². The summed E-state index contributed by atoms with van der Waals surface area (Å²) in [7, 11) is -1.63. The summed E-state index contributed by atoms with van der Waals surface area (Å²) in [4.78, 5) is 30.5. The van der Waals surface area contributed by atoms with Crippen LogP contribution in [-0.2, 0) is 24.1 Å². The summed E-state index contributed by atoms with van der Waals surface area (Å²) >= 11 is 3.07. The Balaban J connectivity index is 2.53. The topological polar surface area (TPSA) is 116 Å². The molecule has 0 aliphatic heterocycles. The van der Waals surface area contributed by atoms with E-state index in [1.54, 1.807) is 0 Å². The Kier molecular flexibility index (Phi) is 3.96. The van der Waals surface area contributed by atoms with Crippen molar-refractivity contribution >= 4 is 31.8 Å². The molecule has 9 nitrogen and oxygen atoms in total. The monoisotopic (exact) mass is 375 g/mol. The Morgan fingerprint density at radius 2 is 1.86 bits per heavy atom.